The molecule has 17 heavy (non-hydrogen) atoms. The number of hydrogen-bond acceptors (Lipinski definition) is 3. The van der Waals surface area contributed by atoms with Crippen LogP contribution in [0.1, 0.15) is 23.7 Å². The molecule has 0 aromatic heterocycles. The zero-order valence-electron chi connectivity index (χ0n) is 9.52. The zero-order valence-corrected chi connectivity index (χ0v) is 11.1. The second kappa shape index (κ2) is 6.61. The van der Waals surface area contributed by atoms with Gasteiger partial charge in [0.05, 0.1) is 7.11 Å². The molecule has 94 valence electrons. The largest absolute Gasteiger partial charge is 0.497 e. The lowest BCUT2D eigenvalue weighted by Gasteiger charge is -2.11. The van der Waals surface area contributed by atoms with Crippen molar-refractivity contribution < 1.29 is 19.7 Å². The highest BCUT2D eigenvalue weighted by Crippen LogP contribution is 2.23. The standard InChI is InChI=1S/C12H15BrO4/c1-17-10-6-8(3-2-4-13)5-9(7-10)11(14)12(15)16/h5-7,11,14H,2-4H2,1H3,(H,15,16). The molecule has 4 nitrogen and oxygen atoms in total. The van der Waals surface area contributed by atoms with E-state index in [1.165, 1.54) is 13.2 Å². The highest BCUT2D eigenvalue weighted by Gasteiger charge is 2.17. The van der Waals surface area contributed by atoms with E-state index in [0.717, 1.165) is 23.7 Å². The van der Waals surface area contributed by atoms with Gasteiger partial charge in [0, 0.05) is 5.33 Å². The zero-order chi connectivity index (χ0) is 12.8. The Morgan fingerprint density at radius 1 is 1.47 bits per heavy atom. The number of carbonyl (C=O) groups is 1. The van der Waals surface area contributed by atoms with E-state index in [1.807, 2.05) is 6.07 Å². The van der Waals surface area contributed by atoms with Gasteiger partial charge in [0.15, 0.2) is 6.10 Å². The summed E-state index contributed by atoms with van der Waals surface area (Å²) in [6.45, 7) is 0. The van der Waals surface area contributed by atoms with Gasteiger partial charge < -0.3 is 14.9 Å². The van der Waals surface area contributed by atoms with E-state index in [2.05, 4.69) is 15.9 Å². The molecule has 0 heterocycles. The molecule has 1 aromatic carbocycles. The molecule has 0 bridgehead atoms. The van der Waals surface area contributed by atoms with Crippen LogP contribution in [0.2, 0.25) is 0 Å². The predicted octanol–water partition coefficient (Wildman–Crippen LogP) is 2.14. The number of halogens is 1. The van der Waals surface area contributed by atoms with E-state index in [9.17, 15) is 9.90 Å². The minimum absolute atomic E-state index is 0.349. The number of rotatable bonds is 6. The fourth-order valence-electron chi connectivity index (χ4n) is 1.52. The van der Waals surface area contributed by atoms with Crippen molar-refractivity contribution in [2.24, 2.45) is 0 Å². The molecule has 1 atom stereocenters. The number of aliphatic hydroxyl groups excluding tert-OH is 1. The van der Waals surface area contributed by atoms with Crippen LogP contribution in [0.25, 0.3) is 0 Å². The number of alkyl halides is 1. The lowest BCUT2D eigenvalue weighted by molar-refractivity contribution is -0.146. The second-order valence-corrected chi connectivity index (χ2v) is 4.44. The van der Waals surface area contributed by atoms with Crippen LogP contribution in [0.4, 0.5) is 0 Å². The van der Waals surface area contributed by atoms with Gasteiger partial charge in [0.25, 0.3) is 0 Å². The predicted molar refractivity (Wildman–Crippen MR) is 67.7 cm³/mol. The van der Waals surface area contributed by atoms with Gasteiger partial charge in [-0.3, -0.25) is 0 Å². The summed E-state index contributed by atoms with van der Waals surface area (Å²) in [6.07, 6.45) is 0.241. The molecule has 0 amide bonds. The summed E-state index contributed by atoms with van der Waals surface area (Å²) in [6, 6.07) is 5.08. The van der Waals surface area contributed by atoms with Crippen molar-refractivity contribution in [1.82, 2.24) is 0 Å². The quantitative estimate of drug-likeness (QED) is 0.790. The van der Waals surface area contributed by atoms with Gasteiger partial charge in [0.1, 0.15) is 5.75 Å². The SMILES string of the molecule is COc1cc(CCCBr)cc(C(O)C(=O)O)c1. The fraction of sp³-hybridized carbons (Fsp3) is 0.417. The molecule has 2 N–H and O–H groups in total. The Morgan fingerprint density at radius 3 is 2.71 bits per heavy atom. The van der Waals surface area contributed by atoms with Gasteiger partial charge in [0.2, 0.25) is 0 Å². The van der Waals surface area contributed by atoms with Crippen LogP contribution in [0, 0.1) is 0 Å². The molecule has 0 spiro atoms. The van der Waals surface area contributed by atoms with Crippen molar-refractivity contribution in [3.63, 3.8) is 0 Å². The Balaban J connectivity index is 3.00. The first-order valence-corrected chi connectivity index (χ1v) is 6.35. The summed E-state index contributed by atoms with van der Waals surface area (Å²) in [5.41, 5.74) is 1.31. The van der Waals surface area contributed by atoms with Gasteiger partial charge in [-0.2, -0.15) is 0 Å². The third kappa shape index (κ3) is 4.02. The molecular formula is C12H15BrO4. The molecule has 5 heteroatoms. The molecule has 0 aliphatic carbocycles. The highest BCUT2D eigenvalue weighted by molar-refractivity contribution is 9.09. The Kier molecular flexibility index (Phi) is 5.44. The number of carboxylic acids is 1. The minimum Gasteiger partial charge on any atom is -0.497 e. The summed E-state index contributed by atoms with van der Waals surface area (Å²) in [5.74, 6) is -0.697. The summed E-state index contributed by atoms with van der Waals surface area (Å²) in [5, 5.41) is 19.1. The lowest BCUT2D eigenvalue weighted by atomic mass is 10.0. The number of aliphatic carboxylic acids is 1. The van der Waals surface area contributed by atoms with E-state index < -0.39 is 12.1 Å². The maximum absolute atomic E-state index is 10.7. The summed E-state index contributed by atoms with van der Waals surface area (Å²) in [4.78, 5) is 10.7. The molecule has 1 rings (SSSR count). The van der Waals surface area contributed by atoms with Crippen molar-refractivity contribution in [2.45, 2.75) is 18.9 Å². The Hall–Kier alpha value is -1.07. The number of ether oxygens (including phenoxy) is 1. The van der Waals surface area contributed by atoms with Crippen molar-refractivity contribution in [3.05, 3.63) is 29.3 Å². The van der Waals surface area contributed by atoms with Gasteiger partial charge in [-0.15, -0.1) is 0 Å². The van der Waals surface area contributed by atoms with E-state index in [1.54, 1.807) is 6.07 Å². The third-order valence-electron chi connectivity index (χ3n) is 2.37. The fourth-order valence-corrected chi connectivity index (χ4v) is 1.80. The van der Waals surface area contributed by atoms with Crippen LogP contribution in [0.15, 0.2) is 18.2 Å². The van der Waals surface area contributed by atoms with Crippen molar-refractivity contribution in [2.75, 3.05) is 12.4 Å². The van der Waals surface area contributed by atoms with E-state index >= 15 is 0 Å². The molecular weight excluding hydrogens is 288 g/mol. The second-order valence-electron chi connectivity index (χ2n) is 3.65. The highest BCUT2D eigenvalue weighted by atomic mass is 79.9. The first-order chi connectivity index (χ1) is 8.08. The van der Waals surface area contributed by atoms with Crippen molar-refractivity contribution >= 4 is 21.9 Å². The number of methoxy groups -OCH3 is 1. The van der Waals surface area contributed by atoms with Gasteiger partial charge >= 0.3 is 5.97 Å². The number of aliphatic hydroxyl groups is 1. The monoisotopic (exact) mass is 302 g/mol. The lowest BCUT2D eigenvalue weighted by Crippen LogP contribution is -2.11. The number of hydrogen-bond donors (Lipinski definition) is 2. The molecule has 0 fully saturated rings. The molecule has 0 saturated heterocycles. The Morgan fingerprint density at radius 2 is 2.18 bits per heavy atom. The van der Waals surface area contributed by atoms with E-state index in [4.69, 9.17) is 9.84 Å². The average molecular weight is 303 g/mol. The summed E-state index contributed by atoms with van der Waals surface area (Å²) in [7, 11) is 1.51. The van der Waals surface area contributed by atoms with Crippen LogP contribution in [0.5, 0.6) is 5.75 Å². The van der Waals surface area contributed by atoms with Crippen LogP contribution in [0.3, 0.4) is 0 Å². The Bertz CT molecular complexity index is 392. The maximum Gasteiger partial charge on any atom is 0.337 e. The van der Waals surface area contributed by atoms with Crippen molar-refractivity contribution in [1.29, 1.82) is 0 Å². The average Bonchev–Trinajstić information content (AvgIpc) is 2.34. The first kappa shape index (κ1) is 14.0. The van der Waals surface area contributed by atoms with Crippen LogP contribution in [-0.2, 0) is 11.2 Å². The van der Waals surface area contributed by atoms with Crippen LogP contribution >= 0.6 is 15.9 Å². The molecule has 1 unspecified atom stereocenters. The normalized spacial score (nSPS) is 12.2. The maximum atomic E-state index is 10.7. The summed E-state index contributed by atoms with van der Waals surface area (Å²) >= 11 is 3.34. The number of aryl methyl sites for hydroxylation is 1. The molecule has 0 saturated carbocycles. The Labute approximate surface area is 108 Å². The van der Waals surface area contributed by atoms with Gasteiger partial charge in [-0.05, 0) is 36.1 Å². The molecule has 0 aliphatic rings. The van der Waals surface area contributed by atoms with Crippen molar-refractivity contribution in [3.8, 4) is 5.75 Å². The topological polar surface area (TPSA) is 66.8 Å². The van der Waals surface area contributed by atoms with E-state index in [0.29, 0.717) is 11.3 Å². The third-order valence-corrected chi connectivity index (χ3v) is 2.93. The summed E-state index contributed by atoms with van der Waals surface area (Å²) < 4.78 is 5.09. The van der Waals surface area contributed by atoms with Gasteiger partial charge in [-0.1, -0.05) is 22.0 Å². The minimum atomic E-state index is -1.51. The van der Waals surface area contributed by atoms with Gasteiger partial charge in [-0.25, -0.2) is 4.79 Å². The van der Waals surface area contributed by atoms with Crippen LogP contribution in [-0.4, -0.2) is 28.6 Å². The molecule has 0 aliphatic heterocycles. The molecule has 1 aromatic rings. The van der Waals surface area contributed by atoms with Crippen LogP contribution < -0.4 is 4.74 Å². The smallest absolute Gasteiger partial charge is 0.337 e. The number of carboxylic acid groups (broad SMARTS) is 1. The number of benzene rings is 1. The first-order valence-electron chi connectivity index (χ1n) is 5.23. The van der Waals surface area contributed by atoms with E-state index in [-0.39, 0.29) is 0 Å². The molecule has 0 radical (unpaired) electrons.